The number of rotatable bonds is 16. The lowest BCUT2D eigenvalue weighted by Crippen LogP contribution is -2.08. The Morgan fingerprint density at radius 2 is 1.25 bits per heavy atom. The van der Waals surface area contributed by atoms with Crippen LogP contribution >= 0.6 is 0 Å². The fourth-order valence-corrected chi connectivity index (χ4v) is 3.73. The van der Waals surface area contributed by atoms with Crippen LogP contribution < -0.4 is 0 Å². The summed E-state index contributed by atoms with van der Waals surface area (Å²) >= 11 is 0. The number of allylic oxidation sites excluding steroid dienone is 12. The number of aliphatic carboxylic acids is 1. The highest BCUT2D eigenvalue weighted by Gasteiger charge is 2.14. The van der Waals surface area contributed by atoms with E-state index in [1.54, 1.807) is 10.8 Å². The molecule has 2 aromatic rings. The fraction of sp³-hybridized carbons (Fsp3) is 0.312. The van der Waals surface area contributed by atoms with Crippen LogP contribution in [0.15, 0.2) is 103 Å². The van der Waals surface area contributed by atoms with Crippen molar-refractivity contribution >= 4 is 22.8 Å². The minimum Gasteiger partial charge on any atom is -0.481 e. The van der Waals surface area contributed by atoms with Crippen molar-refractivity contribution in [2.75, 3.05) is 0 Å². The van der Waals surface area contributed by atoms with E-state index in [4.69, 9.17) is 5.11 Å². The average molecular weight is 486 g/mol. The molecule has 0 aliphatic rings. The van der Waals surface area contributed by atoms with Crippen molar-refractivity contribution in [1.29, 1.82) is 0 Å². The number of carboxylic acid groups (broad SMARTS) is 1. The Bertz CT molecular complexity index is 1130. The second kappa shape index (κ2) is 17.7. The average Bonchev–Trinajstić information content (AvgIpc) is 3.23. The molecule has 0 aliphatic carbocycles. The van der Waals surface area contributed by atoms with Crippen LogP contribution in [0.1, 0.15) is 68.6 Å². The first-order valence-electron chi connectivity index (χ1n) is 12.9. The standard InChI is InChI=1S/C32H39NO3/c1-2-3-4-5-6-7-8-9-10-11-12-13-14-15-16-17-18-19-20-25-31(34)33-27-28(26-32(35)36)29-23-21-22-24-30(29)33/h3-4,6-7,9-10,12-13,15-16,18-19,21-24,27H,2,5,8,11,14,17,20,25-26H2,1H3,(H,35,36)/b4-3+,7-6+,10-9+,13-12+,16-15+,19-18+. The molecule has 0 unspecified atom stereocenters. The van der Waals surface area contributed by atoms with Crippen molar-refractivity contribution in [2.24, 2.45) is 0 Å². The largest absolute Gasteiger partial charge is 0.481 e. The summed E-state index contributed by atoms with van der Waals surface area (Å²) in [6.07, 6.45) is 34.4. The highest BCUT2D eigenvalue weighted by Crippen LogP contribution is 2.22. The summed E-state index contributed by atoms with van der Waals surface area (Å²) in [6.45, 7) is 2.15. The van der Waals surface area contributed by atoms with Crippen LogP contribution in [0.4, 0.5) is 0 Å². The van der Waals surface area contributed by atoms with Crippen molar-refractivity contribution in [3.05, 3.63) is 109 Å². The van der Waals surface area contributed by atoms with E-state index in [2.05, 4.69) is 73.8 Å². The third kappa shape index (κ3) is 11.2. The number of fused-ring (bicyclic) bond motifs is 1. The Morgan fingerprint density at radius 3 is 1.78 bits per heavy atom. The van der Waals surface area contributed by atoms with Gasteiger partial charge in [-0.05, 0) is 56.6 Å². The van der Waals surface area contributed by atoms with Crippen molar-refractivity contribution in [3.63, 3.8) is 0 Å². The highest BCUT2D eigenvalue weighted by molar-refractivity contribution is 5.95. The second-order valence-corrected chi connectivity index (χ2v) is 8.46. The summed E-state index contributed by atoms with van der Waals surface area (Å²) in [4.78, 5) is 23.8. The normalized spacial score (nSPS) is 12.7. The molecule has 2 rings (SSSR count). The van der Waals surface area contributed by atoms with E-state index in [1.807, 2.05) is 30.3 Å². The van der Waals surface area contributed by atoms with Gasteiger partial charge in [0.1, 0.15) is 0 Å². The predicted octanol–water partition coefficient (Wildman–Crippen LogP) is 8.39. The molecular formula is C32H39NO3. The minimum atomic E-state index is -0.900. The predicted molar refractivity (Wildman–Crippen MR) is 151 cm³/mol. The smallest absolute Gasteiger partial charge is 0.307 e. The molecule has 0 fully saturated rings. The summed E-state index contributed by atoms with van der Waals surface area (Å²) in [5.41, 5.74) is 1.43. The minimum absolute atomic E-state index is 0.0256. The lowest BCUT2D eigenvalue weighted by atomic mass is 10.1. The SMILES string of the molecule is CC/C=C/C/C=C/C/C=C/C/C=C/C/C=C/C/C=C/CCC(=O)n1cc(CC(=O)O)c2ccccc21. The molecule has 0 aliphatic heterocycles. The number of aromatic nitrogens is 1. The Balaban J connectivity index is 1.62. The highest BCUT2D eigenvalue weighted by atomic mass is 16.4. The summed E-state index contributed by atoms with van der Waals surface area (Å²) in [6, 6.07) is 7.44. The number of hydrogen-bond donors (Lipinski definition) is 1. The molecule has 1 aromatic heterocycles. The lowest BCUT2D eigenvalue weighted by Gasteiger charge is -2.02. The van der Waals surface area contributed by atoms with Crippen LogP contribution in [-0.4, -0.2) is 21.6 Å². The maximum absolute atomic E-state index is 12.7. The van der Waals surface area contributed by atoms with E-state index < -0.39 is 5.97 Å². The summed E-state index contributed by atoms with van der Waals surface area (Å²) in [5, 5.41) is 9.96. The zero-order valence-electron chi connectivity index (χ0n) is 21.4. The maximum atomic E-state index is 12.7. The van der Waals surface area contributed by atoms with E-state index in [1.165, 1.54) is 0 Å². The first kappa shape index (κ1) is 28.6. The molecule has 1 aromatic carbocycles. The topological polar surface area (TPSA) is 59.3 Å². The van der Waals surface area contributed by atoms with Gasteiger partial charge in [0.2, 0.25) is 5.91 Å². The lowest BCUT2D eigenvalue weighted by molar-refractivity contribution is -0.136. The van der Waals surface area contributed by atoms with Crippen LogP contribution in [0.2, 0.25) is 0 Å². The number of carboxylic acids is 1. The molecule has 0 bridgehead atoms. The molecule has 4 nitrogen and oxygen atoms in total. The van der Waals surface area contributed by atoms with Crippen LogP contribution in [0.25, 0.3) is 10.9 Å². The number of carbonyl (C=O) groups is 2. The number of carbonyl (C=O) groups excluding carboxylic acids is 1. The molecule has 36 heavy (non-hydrogen) atoms. The van der Waals surface area contributed by atoms with Crippen molar-refractivity contribution in [2.45, 2.75) is 64.7 Å². The first-order valence-corrected chi connectivity index (χ1v) is 12.9. The molecule has 4 heteroatoms. The summed E-state index contributed by atoms with van der Waals surface area (Å²) < 4.78 is 1.59. The molecule has 0 amide bonds. The summed E-state index contributed by atoms with van der Waals surface area (Å²) in [5.74, 6) is -0.925. The second-order valence-electron chi connectivity index (χ2n) is 8.46. The molecule has 190 valence electrons. The van der Waals surface area contributed by atoms with E-state index in [0.29, 0.717) is 18.4 Å². The monoisotopic (exact) mass is 485 g/mol. The molecular weight excluding hydrogens is 446 g/mol. The van der Waals surface area contributed by atoms with Gasteiger partial charge < -0.3 is 5.11 Å². The van der Waals surface area contributed by atoms with Gasteiger partial charge in [0.15, 0.2) is 0 Å². The Labute approximate surface area is 215 Å². The van der Waals surface area contributed by atoms with Gasteiger partial charge in [0, 0.05) is 18.0 Å². The van der Waals surface area contributed by atoms with Gasteiger partial charge in [-0.15, -0.1) is 0 Å². The van der Waals surface area contributed by atoms with Crippen molar-refractivity contribution in [3.8, 4) is 0 Å². The van der Waals surface area contributed by atoms with Crippen LogP contribution in [0, 0.1) is 0 Å². The quantitative estimate of drug-likeness (QED) is 0.243. The van der Waals surface area contributed by atoms with Gasteiger partial charge in [-0.3, -0.25) is 14.2 Å². The maximum Gasteiger partial charge on any atom is 0.307 e. The number of nitrogens with zero attached hydrogens (tertiary/aromatic N) is 1. The summed E-state index contributed by atoms with van der Waals surface area (Å²) in [7, 11) is 0. The van der Waals surface area contributed by atoms with Gasteiger partial charge in [-0.25, -0.2) is 0 Å². The zero-order valence-corrected chi connectivity index (χ0v) is 21.4. The van der Waals surface area contributed by atoms with Crippen molar-refractivity contribution < 1.29 is 14.7 Å². The Morgan fingerprint density at radius 1 is 0.750 bits per heavy atom. The Hall–Kier alpha value is -3.66. The van der Waals surface area contributed by atoms with Gasteiger partial charge >= 0.3 is 5.97 Å². The fourth-order valence-electron chi connectivity index (χ4n) is 3.73. The van der Waals surface area contributed by atoms with Gasteiger partial charge in [0.05, 0.1) is 11.9 Å². The molecule has 0 saturated carbocycles. The number of hydrogen-bond acceptors (Lipinski definition) is 2. The Kier molecular flexibility index (Phi) is 14.1. The molecule has 0 atom stereocenters. The third-order valence-electron chi connectivity index (χ3n) is 5.53. The van der Waals surface area contributed by atoms with E-state index in [-0.39, 0.29) is 12.3 Å². The van der Waals surface area contributed by atoms with Gasteiger partial charge in [0.25, 0.3) is 0 Å². The van der Waals surface area contributed by atoms with E-state index >= 15 is 0 Å². The van der Waals surface area contributed by atoms with Crippen LogP contribution in [0.5, 0.6) is 0 Å². The molecule has 0 radical (unpaired) electrons. The molecule has 0 saturated heterocycles. The first-order chi connectivity index (χ1) is 17.6. The van der Waals surface area contributed by atoms with Gasteiger partial charge in [-0.1, -0.05) is 98.0 Å². The zero-order chi connectivity index (χ0) is 25.8. The molecule has 1 N–H and O–H groups in total. The molecule has 1 heterocycles. The number of benzene rings is 1. The van der Waals surface area contributed by atoms with Crippen molar-refractivity contribution in [1.82, 2.24) is 4.57 Å². The molecule has 0 spiro atoms. The van der Waals surface area contributed by atoms with Gasteiger partial charge in [-0.2, -0.15) is 0 Å². The third-order valence-corrected chi connectivity index (χ3v) is 5.53. The van der Waals surface area contributed by atoms with Crippen LogP contribution in [0.3, 0.4) is 0 Å². The van der Waals surface area contributed by atoms with E-state index in [9.17, 15) is 9.59 Å². The number of para-hydroxylation sites is 1. The van der Waals surface area contributed by atoms with Crippen LogP contribution in [-0.2, 0) is 11.2 Å². The van der Waals surface area contributed by atoms with E-state index in [0.717, 1.165) is 49.4 Å².